The minimum Gasteiger partial charge on any atom is -0.309 e. The summed E-state index contributed by atoms with van der Waals surface area (Å²) in [6.07, 6.45) is 3.46. The Labute approximate surface area is 128 Å². The number of benzene rings is 1. The van der Waals surface area contributed by atoms with E-state index in [2.05, 4.69) is 10.3 Å². The maximum absolute atomic E-state index is 12.5. The number of pyridine rings is 1. The predicted octanol–water partition coefficient (Wildman–Crippen LogP) is 1.51. The third kappa shape index (κ3) is 2.81. The van der Waals surface area contributed by atoms with E-state index < -0.39 is 0 Å². The second-order valence-electron chi connectivity index (χ2n) is 5.00. The molecule has 1 aliphatic heterocycles. The standard InChI is InChI=1S/C17H15N3O2/c21-12-16-11-19-9-10-20(16)17(22)15-3-1-13(2-4-15)14-5-7-18-8-6-14/h1-8,19H,9-11H2. The van der Waals surface area contributed by atoms with Crippen LogP contribution in [0.25, 0.3) is 11.1 Å². The van der Waals surface area contributed by atoms with Crippen molar-refractivity contribution < 1.29 is 9.59 Å². The Balaban J connectivity index is 1.83. The van der Waals surface area contributed by atoms with Gasteiger partial charge in [0.05, 0.1) is 0 Å². The highest BCUT2D eigenvalue weighted by Gasteiger charge is 2.23. The largest absolute Gasteiger partial charge is 0.309 e. The van der Waals surface area contributed by atoms with Crippen LogP contribution in [0.4, 0.5) is 0 Å². The van der Waals surface area contributed by atoms with Crippen molar-refractivity contribution in [2.75, 3.05) is 19.6 Å². The Hall–Kier alpha value is -2.75. The molecule has 1 aliphatic rings. The molecule has 3 rings (SSSR count). The van der Waals surface area contributed by atoms with Gasteiger partial charge in [0.15, 0.2) is 0 Å². The molecule has 1 N–H and O–H groups in total. The number of hydrogen-bond acceptors (Lipinski definition) is 4. The van der Waals surface area contributed by atoms with Crippen LogP contribution in [0.3, 0.4) is 0 Å². The SMILES string of the molecule is O=C=C1CNCCN1C(=O)c1ccc(-c2ccncc2)cc1. The normalized spacial score (nSPS) is 14.5. The van der Waals surface area contributed by atoms with Gasteiger partial charge in [0.2, 0.25) is 0 Å². The van der Waals surface area contributed by atoms with E-state index in [-0.39, 0.29) is 5.91 Å². The minimum absolute atomic E-state index is 0.166. The Kier molecular flexibility index (Phi) is 4.10. The molecule has 0 saturated carbocycles. The number of piperazine rings is 1. The molecule has 1 aromatic heterocycles. The lowest BCUT2D eigenvalue weighted by atomic mass is 10.0. The van der Waals surface area contributed by atoms with Gasteiger partial charge >= 0.3 is 0 Å². The Bertz CT molecular complexity index is 719. The van der Waals surface area contributed by atoms with E-state index in [1.165, 1.54) is 4.90 Å². The number of nitrogens with zero attached hydrogens (tertiary/aromatic N) is 2. The topological polar surface area (TPSA) is 62.3 Å². The lowest BCUT2D eigenvalue weighted by Gasteiger charge is -2.27. The molecule has 0 aliphatic carbocycles. The fourth-order valence-electron chi connectivity index (χ4n) is 2.45. The van der Waals surface area contributed by atoms with E-state index in [0.29, 0.717) is 30.9 Å². The molecule has 1 fully saturated rings. The highest BCUT2D eigenvalue weighted by molar-refractivity contribution is 5.96. The van der Waals surface area contributed by atoms with Crippen LogP contribution in [0.2, 0.25) is 0 Å². The summed E-state index contributed by atoms with van der Waals surface area (Å²) >= 11 is 0. The zero-order valence-electron chi connectivity index (χ0n) is 12.0. The van der Waals surface area contributed by atoms with Crippen LogP contribution in [-0.4, -0.2) is 41.4 Å². The van der Waals surface area contributed by atoms with E-state index in [4.69, 9.17) is 0 Å². The molecular weight excluding hydrogens is 278 g/mol. The fourth-order valence-corrected chi connectivity index (χ4v) is 2.45. The summed E-state index contributed by atoms with van der Waals surface area (Å²) in [6.45, 7) is 1.53. The predicted molar refractivity (Wildman–Crippen MR) is 82.8 cm³/mol. The van der Waals surface area contributed by atoms with Crippen LogP contribution in [0, 0.1) is 0 Å². The summed E-state index contributed by atoms with van der Waals surface area (Å²) in [5.41, 5.74) is 2.98. The molecular formula is C17H15N3O2. The molecule has 0 bridgehead atoms. The van der Waals surface area contributed by atoms with Crippen LogP contribution in [0.5, 0.6) is 0 Å². The smallest absolute Gasteiger partial charge is 0.258 e. The van der Waals surface area contributed by atoms with Gasteiger partial charge in [-0.3, -0.25) is 14.7 Å². The summed E-state index contributed by atoms with van der Waals surface area (Å²) in [5.74, 6) is 1.68. The molecule has 1 saturated heterocycles. The highest BCUT2D eigenvalue weighted by atomic mass is 16.2. The van der Waals surface area contributed by atoms with Gasteiger partial charge in [0.1, 0.15) is 11.6 Å². The number of rotatable bonds is 2. The van der Waals surface area contributed by atoms with Gasteiger partial charge in [-0.05, 0) is 35.4 Å². The number of carbonyl (C=O) groups is 1. The minimum atomic E-state index is -0.166. The number of carbonyl (C=O) groups excluding carboxylic acids is 2. The molecule has 22 heavy (non-hydrogen) atoms. The first-order chi connectivity index (χ1) is 10.8. The van der Waals surface area contributed by atoms with Gasteiger partial charge in [-0.1, -0.05) is 12.1 Å². The summed E-state index contributed by atoms with van der Waals surface area (Å²) in [6, 6.07) is 11.2. The van der Waals surface area contributed by atoms with Crippen molar-refractivity contribution in [3.05, 3.63) is 60.1 Å². The number of aromatic nitrogens is 1. The highest BCUT2D eigenvalue weighted by Crippen LogP contribution is 2.20. The van der Waals surface area contributed by atoms with Gasteiger partial charge in [-0.25, -0.2) is 4.79 Å². The quantitative estimate of drug-likeness (QED) is 0.853. The molecule has 1 amide bonds. The van der Waals surface area contributed by atoms with E-state index >= 15 is 0 Å². The number of nitrogens with one attached hydrogen (secondary N) is 1. The van der Waals surface area contributed by atoms with Crippen LogP contribution in [-0.2, 0) is 4.79 Å². The third-order valence-electron chi connectivity index (χ3n) is 3.64. The molecule has 0 radical (unpaired) electrons. The lowest BCUT2D eigenvalue weighted by molar-refractivity contribution is 0.0791. The fraction of sp³-hybridized carbons (Fsp3) is 0.176. The second kappa shape index (κ2) is 6.35. The molecule has 110 valence electrons. The van der Waals surface area contributed by atoms with Crippen molar-refractivity contribution in [1.29, 1.82) is 0 Å². The average Bonchev–Trinajstić information content (AvgIpc) is 2.62. The maximum Gasteiger partial charge on any atom is 0.258 e. The Morgan fingerprint density at radius 1 is 1.09 bits per heavy atom. The summed E-state index contributed by atoms with van der Waals surface area (Å²) in [5, 5.41) is 3.05. The number of amides is 1. The van der Waals surface area contributed by atoms with Crippen molar-refractivity contribution in [2.45, 2.75) is 0 Å². The Morgan fingerprint density at radius 2 is 1.77 bits per heavy atom. The van der Waals surface area contributed by atoms with Crippen molar-refractivity contribution in [3.63, 3.8) is 0 Å². The van der Waals surface area contributed by atoms with E-state index in [1.807, 2.05) is 30.2 Å². The summed E-state index contributed by atoms with van der Waals surface area (Å²) < 4.78 is 0. The zero-order chi connectivity index (χ0) is 15.4. The molecule has 5 heteroatoms. The van der Waals surface area contributed by atoms with Crippen LogP contribution >= 0.6 is 0 Å². The molecule has 2 aromatic rings. The number of hydrogen-bond donors (Lipinski definition) is 1. The van der Waals surface area contributed by atoms with Gasteiger partial charge < -0.3 is 5.32 Å². The van der Waals surface area contributed by atoms with E-state index in [1.54, 1.807) is 24.5 Å². The molecule has 2 heterocycles. The molecule has 0 spiro atoms. The molecule has 5 nitrogen and oxygen atoms in total. The van der Waals surface area contributed by atoms with Crippen LogP contribution in [0.15, 0.2) is 54.5 Å². The third-order valence-corrected chi connectivity index (χ3v) is 3.64. The van der Waals surface area contributed by atoms with Gasteiger partial charge in [0, 0.05) is 37.6 Å². The van der Waals surface area contributed by atoms with Crippen LogP contribution < -0.4 is 5.32 Å². The maximum atomic E-state index is 12.5. The molecule has 0 unspecified atom stereocenters. The van der Waals surface area contributed by atoms with Gasteiger partial charge in [0.25, 0.3) is 5.91 Å². The first-order valence-electron chi connectivity index (χ1n) is 7.06. The van der Waals surface area contributed by atoms with E-state index in [0.717, 1.165) is 11.1 Å². The molecule has 1 aromatic carbocycles. The van der Waals surface area contributed by atoms with Crippen molar-refractivity contribution in [2.24, 2.45) is 0 Å². The Morgan fingerprint density at radius 3 is 2.45 bits per heavy atom. The first-order valence-corrected chi connectivity index (χ1v) is 7.06. The summed E-state index contributed by atoms with van der Waals surface area (Å²) in [4.78, 5) is 28.9. The van der Waals surface area contributed by atoms with Crippen molar-refractivity contribution in [3.8, 4) is 11.1 Å². The van der Waals surface area contributed by atoms with E-state index in [9.17, 15) is 9.59 Å². The van der Waals surface area contributed by atoms with Crippen molar-refractivity contribution in [1.82, 2.24) is 15.2 Å². The lowest BCUT2D eigenvalue weighted by Crippen LogP contribution is -2.45. The van der Waals surface area contributed by atoms with Crippen molar-refractivity contribution >= 4 is 11.8 Å². The van der Waals surface area contributed by atoms with Crippen LogP contribution in [0.1, 0.15) is 10.4 Å². The molecule has 0 atom stereocenters. The monoisotopic (exact) mass is 293 g/mol. The first kappa shape index (κ1) is 14.2. The average molecular weight is 293 g/mol. The second-order valence-corrected chi connectivity index (χ2v) is 5.00. The van der Waals surface area contributed by atoms with Gasteiger partial charge in [-0.2, -0.15) is 0 Å². The van der Waals surface area contributed by atoms with Gasteiger partial charge in [-0.15, -0.1) is 0 Å². The zero-order valence-corrected chi connectivity index (χ0v) is 12.0. The summed E-state index contributed by atoms with van der Waals surface area (Å²) in [7, 11) is 0.